The smallest absolute Gasteiger partial charge is 0.234 e. The van der Waals surface area contributed by atoms with E-state index in [1.807, 2.05) is 19.1 Å². The van der Waals surface area contributed by atoms with Crippen LogP contribution in [-0.2, 0) is 4.79 Å². The highest BCUT2D eigenvalue weighted by Crippen LogP contribution is 2.24. The summed E-state index contributed by atoms with van der Waals surface area (Å²) in [6.45, 7) is 2.03. The molecule has 0 fully saturated rings. The van der Waals surface area contributed by atoms with Crippen molar-refractivity contribution < 1.29 is 4.79 Å². The third-order valence-electron chi connectivity index (χ3n) is 3.81. The molecule has 2 heterocycles. The maximum atomic E-state index is 12.1. The number of fused-ring (bicyclic) bond motifs is 3. The molecule has 130 valence electrons. The van der Waals surface area contributed by atoms with Crippen molar-refractivity contribution in [3.8, 4) is 0 Å². The number of rotatable bonds is 4. The van der Waals surface area contributed by atoms with Crippen LogP contribution in [0.1, 0.15) is 5.56 Å². The molecule has 0 saturated carbocycles. The number of halogens is 1. The van der Waals surface area contributed by atoms with Crippen LogP contribution >= 0.6 is 23.4 Å². The molecule has 2 aromatic carbocycles. The van der Waals surface area contributed by atoms with Gasteiger partial charge in [-0.1, -0.05) is 35.0 Å². The van der Waals surface area contributed by atoms with Gasteiger partial charge in [-0.25, -0.2) is 4.98 Å². The van der Waals surface area contributed by atoms with Gasteiger partial charge in [0.1, 0.15) is 5.52 Å². The van der Waals surface area contributed by atoms with Gasteiger partial charge in [0.15, 0.2) is 5.65 Å². The van der Waals surface area contributed by atoms with Crippen LogP contribution in [0.2, 0.25) is 5.02 Å². The number of carbonyl (C=O) groups is 1. The Balaban J connectivity index is 1.47. The third-order valence-corrected chi connectivity index (χ3v) is 4.90. The van der Waals surface area contributed by atoms with E-state index in [9.17, 15) is 4.79 Å². The van der Waals surface area contributed by atoms with Crippen molar-refractivity contribution >= 4 is 57.0 Å². The summed E-state index contributed by atoms with van der Waals surface area (Å²) in [5.41, 5.74) is 4.22. The van der Waals surface area contributed by atoms with Crippen LogP contribution in [0.4, 0.5) is 5.69 Å². The summed E-state index contributed by atoms with van der Waals surface area (Å²) in [4.78, 5) is 19.8. The van der Waals surface area contributed by atoms with Crippen molar-refractivity contribution in [1.82, 2.24) is 20.2 Å². The minimum Gasteiger partial charge on any atom is -0.338 e. The van der Waals surface area contributed by atoms with E-state index in [-0.39, 0.29) is 11.7 Å². The minimum atomic E-state index is -0.145. The minimum absolute atomic E-state index is 0.145. The monoisotopic (exact) mass is 383 g/mol. The highest BCUT2D eigenvalue weighted by Gasteiger charge is 2.11. The van der Waals surface area contributed by atoms with Gasteiger partial charge in [0.2, 0.25) is 11.1 Å². The number of aryl methyl sites for hydroxylation is 1. The summed E-state index contributed by atoms with van der Waals surface area (Å²) in [5, 5.41) is 13.3. The highest BCUT2D eigenvalue weighted by molar-refractivity contribution is 7.99. The van der Waals surface area contributed by atoms with Crippen LogP contribution in [0.3, 0.4) is 0 Å². The molecule has 26 heavy (non-hydrogen) atoms. The lowest BCUT2D eigenvalue weighted by Crippen LogP contribution is -2.14. The highest BCUT2D eigenvalue weighted by atomic mass is 35.5. The zero-order valence-corrected chi connectivity index (χ0v) is 15.4. The summed E-state index contributed by atoms with van der Waals surface area (Å²) >= 11 is 7.07. The molecule has 0 radical (unpaired) electrons. The van der Waals surface area contributed by atoms with E-state index in [0.717, 1.165) is 22.0 Å². The number of nitrogens with one attached hydrogen (secondary N) is 2. The molecule has 0 atom stereocenters. The average molecular weight is 384 g/mol. The molecule has 0 aliphatic heterocycles. The molecule has 0 aliphatic rings. The molecule has 4 aromatic rings. The number of hydrogen-bond donors (Lipinski definition) is 2. The van der Waals surface area contributed by atoms with Crippen molar-refractivity contribution in [1.29, 1.82) is 0 Å². The molecule has 4 rings (SSSR count). The molecule has 2 N–H and O–H groups in total. The summed E-state index contributed by atoms with van der Waals surface area (Å²) in [5.74, 6) is 0.0445. The Bertz CT molecular complexity index is 1110. The van der Waals surface area contributed by atoms with Crippen LogP contribution in [-0.4, -0.2) is 31.8 Å². The standard InChI is InChI=1S/C18H14ClN5OS/c1-10-2-7-14-13(8-10)16-17(21-14)22-18(24-23-16)26-9-15(25)20-12-5-3-11(19)4-6-12/h2-8H,9H2,1H3,(H,20,25)(H,21,22,24). The number of thioether (sulfide) groups is 1. The largest absolute Gasteiger partial charge is 0.338 e. The Kier molecular flexibility index (Phi) is 4.48. The molecule has 0 unspecified atom stereocenters. The molecule has 1 amide bonds. The van der Waals surface area contributed by atoms with E-state index >= 15 is 0 Å². The molecule has 0 aliphatic carbocycles. The maximum absolute atomic E-state index is 12.1. The van der Waals surface area contributed by atoms with Crippen LogP contribution in [0, 0.1) is 6.92 Å². The zero-order chi connectivity index (χ0) is 18.1. The lowest BCUT2D eigenvalue weighted by atomic mass is 10.2. The molecule has 2 aromatic heterocycles. The number of anilines is 1. The van der Waals surface area contributed by atoms with Gasteiger partial charge in [0.25, 0.3) is 0 Å². The Hall–Kier alpha value is -2.64. The van der Waals surface area contributed by atoms with Crippen molar-refractivity contribution in [2.24, 2.45) is 0 Å². The fraction of sp³-hybridized carbons (Fsp3) is 0.111. The van der Waals surface area contributed by atoms with Gasteiger partial charge in [-0.15, -0.1) is 10.2 Å². The van der Waals surface area contributed by atoms with Gasteiger partial charge >= 0.3 is 0 Å². The number of hydrogen-bond acceptors (Lipinski definition) is 5. The van der Waals surface area contributed by atoms with Crippen molar-refractivity contribution in [2.75, 3.05) is 11.1 Å². The number of benzene rings is 2. The average Bonchev–Trinajstić information content (AvgIpc) is 2.99. The first-order chi connectivity index (χ1) is 12.6. The normalized spacial score (nSPS) is 11.2. The molecular weight excluding hydrogens is 370 g/mol. The Labute approximate surface area is 158 Å². The van der Waals surface area contributed by atoms with Gasteiger partial charge in [-0.3, -0.25) is 4.79 Å². The fourth-order valence-electron chi connectivity index (χ4n) is 2.59. The van der Waals surface area contributed by atoms with Crippen LogP contribution in [0.15, 0.2) is 47.6 Å². The lowest BCUT2D eigenvalue weighted by molar-refractivity contribution is -0.113. The summed E-state index contributed by atoms with van der Waals surface area (Å²) < 4.78 is 0. The van der Waals surface area contributed by atoms with Crippen LogP contribution in [0.5, 0.6) is 0 Å². The Morgan fingerprint density at radius 3 is 2.81 bits per heavy atom. The number of aromatic nitrogens is 4. The maximum Gasteiger partial charge on any atom is 0.234 e. The first kappa shape index (κ1) is 16.8. The van der Waals surface area contributed by atoms with Gasteiger partial charge < -0.3 is 10.3 Å². The van der Waals surface area contributed by atoms with E-state index in [1.54, 1.807) is 24.3 Å². The van der Waals surface area contributed by atoms with E-state index in [4.69, 9.17) is 11.6 Å². The van der Waals surface area contributed by atoms with E-state index in [1.165, 1.54) is 11.8 Å². The number of carbonyl (C=O) groups excluding carboxylic acids is 1. The molecular formula is C18H14ClN5OS. The van der Waals surface area contributed by atoms with Gasteiger partial charge in [0, 0.05) is 21.6 Å². The first-order valence-corrected chi connectivity index (χ1v) is 9.26. The number of aromatic amines is 1. The second-order valence-electron chi connectivity index (χ2n) is 5.81. The van der Waals surface area contributed by atoms with Crippen molar-refractivity contribution in [3.63, 3.8) is 0 Å². The molecule has 0 spiro atoms. The number of nitrogens with zero attached hydrogens (tertiary/aromatic N) is 3. The number of amides is 1. The summed E-state index contributed by atoms with van der Waals surface area (Å²) in [7, 11) is 0. The second kappa shape index (κ2) is 6.93. The predicted molar refractivity (Wildman–Crippen MR) is 105 cm³/mol. The van der Waals surface area contributed by atoms with Gasteiger partial charge in [-0.05, 0) is 43.3 Å². The quantitative estimate of drug-likeness (QED) is 0.516. The van der Waals surface area contributed by atoms with E-state index < -0.39 is 0 Å². The molecule has 8 heteroatoms. The summed E-state index contributed by atoms with van der Waals surface area (Å²) in [6.07, 6.45) is 0. The molecule has 0 saturated heterocycles. The van der Waals surface area contributed by atoms with Crippen molar-refractivity contribution in [2.45, 2.75) is 12.1 Å². The molecule has 6 nitrogen and oxygen atoms in total. The fourth-order valence-corrected chi connectivity index (χ4v) is 3.30. The van der Waals surface area contributed by atoms with Gasteiger partial charge in [0.05, 0.1) is 5.75 Å². The van der Waals surface area contributed by atoms with Gasteiger partial charge in [-0.2, -0.15) is 0 Å². The Morgan fingerprint density at radius 1 is 1.19 bits per heavy atom. The second-order valence-corrected chi connectivity index (χ2v) is 7.19. The van der Waals surface area contributed by atoms with E-state index in [0.29, 0.717) is 21.5 Å². The third kappa shape index (κ3) is 3.49. The van der Waals surface area contributed by atoms with Crippen LogP contribution in [0.25, 0.3) is 22.1 Å². The van der Waals surface area contributed by atoms with E-state index in [2.05, 4.69) is 31.5 Å². The van der Waals surface area contributed by atoms with Crippen molar-refractivity contribution in [3.05, 3.63) is 53.1 Å². The first-order valence-electron chi connectivity index (χ1n) is 7.89. The molecule has 0 bridgehead atoms. The summed E-state index contributed by atoms with van der Waals surface area (Å²) in [6, 6.07) is 13.0. The zero-order valence-electron chi connectivity index (χ0n) is 13.8. The number of H-pyrrole nitrogens is 1. The lowest BCUT2D eigenvalue weighted by Gasteiger charge is -2.04. The van der Waals surface area contributed by atoms with Crippen LogP contribution < -0.4 is 5.32 Å². The predicted octanol–water partition coefficient (Wildman–Crippen LogP) is 4.20. The topological polar surface area (TPSA) is 83.6 Å². The Morgan fingerprint density at radius 2 is 2.00 bits per heavy atom. The SMILES string of the molecule is Cc1ccc2[nH]c3nc(SCC(=O)Nc4ccc(Cl)cc4)nnc3c2c1.